The van der Waals surface area contributed by atoms with Gasteiger partial charge >= 0.3 is 29.3 Å². The number of hydrogen-bond acceptors (Lipinski definition) is 5. The Bertz CT molecular complexity index is 1640. The van der Waals surface area contributed by atoms with Gasteiger partial charge in [-0.15, -0.1) is 0 Å². The van der Waals surface area contributed by atoms with Crippen molar-refractivity contribution >= 4 is 28.7 Å². The highest BCUT2D eigenvalue weighted by atomic mass is 19.4. The van der Waals surface area contributed by atoms with Crippen molar-refractivity contribution in [3.8, 4) is 5.69 Å². The standard InChI is InChI=1S/C24H20F3N5O6/c25-24(26,27)16-9-17-19(32(7-8-33)21(35)20(34)30-17)10-18(16)31-6-5-13(12-31)11-28-23(38)29-15-3-1-14(2-4-15)22(36)37/h1-6,9-10,12,33H,7-8,11H2,(H,30,34)(H,36,37)(H2,28,29,38). The number of hydrogen-bond donors (Lipinski definition) is 5. The smallest absolute Gasteiger partial charge is 0.418 e. The fourth-order valence-electron chi connectivity index (χ4n) is 3.82. The molecule has 0 bridgehead atoms. The molecule has 198 valence electrons. The molecule has 0 fully saturated rings. The number of aliphatic hydroxyl groups is 1. The molecule has 0 radical (unpaired) electrons. The number of carboxylic acids is 1. The molecule has 0 saturated heterocycles. The first kappa shape index (κ1) is 26.2. The summed E-state index contributed by atoms with van der Waals surface area (Å²) in [6.45, 7) is -0.859. The first-order chi connectivity index (χ1) is 18.0. The predicted octanol–water partition coefficient (Wildman–Crippen LogP) is 2.51. The second kappa shape index (κ2) is 10.3. The summed E-state index contributed by atoms with van der Waals surface area (Å²) < 4.78 is 43.8. The highest BCUT2D eigenvalue weighted by Gasteiger charge is 2.35. The van der Waals surface area contributed by atoms with Crippen LogP contribution in [0.2, 0.25) is 0 Å². The van der Waals surface area contributed by atoms with E-state index in [1.54, 1.807) is 0 Å². The van der Waals surface area contributed by atoms with Gasteiger partial charge in [0.15, 0.2) is 0 Å². The summed E-state index contributed by atoms with van der Waals surface area (Å²) >= 11 is 0. The molecular weight excluding hydrogens is 511 g/mol. The SMILES string of the molecule is O=C(NCc1ccn(-c2cc3c(cc2C(F)(F)F)[nH]c(=O)c(=O)n3CCO)c1)Nc1ccc(C(=O)O)cc1. The van der Waals surface area contributed by atoms with Gasteiger partial charge in [-0.05, 0) is 48.0 Å². The van der Waals surface area contributed by atoms with Crippen molar-refractivity contribution in [2.45, 2.75) is 19.3 Å². The van der Waals surface area contributed by atoms with Crippen molar-refractivity contribution in [3.63, 3.8) is 0 Å². The normalized spacial score (nSPS) is 11.5. The molecule has 38 heavy (non-hydrogen) atoms. The second-order valence-corrected chi connectivity index (χ2v) is 8.14. The van der Waals surface area contributed by atoms with Crippen molar-refractivity contribution < 1.29 is 33.0 Å². The Hall–Kier alpha value is -4.85. The number of aliphatic hydroxyl groups excluding tert-OH is 1. The lowest BCUT2D eigenvalue weighted by Gasteiger charge is -2.17. The van der Waals surface area contributed by atoms with Crippen LogP contribution >= 0.6 is 0 Å². The Morgan fingerprint density at radius 3 is 2.39 bits per heavy atom. The maximum atomic E-state index is 13.9. The predicted molar refractivity (Wildman–Crippen MR) is 130 cm³/mol. The Morgan fingerprint density at radius 1 is 1.05 bits per heavy atom. The molecule has 2 amide bonds. The second-order valence-electron chi connectivity index (χ2n) is 8.14. The zero-order chi connectivity index (χ0) is 27.6. The number of urea groups is 1. The number of benzene rings is 2. The van der Waals surface area contributed by atoms with E-state index in [9.17, 15) is 37.5 Å². The molecule has 5 N–H and O–H groups in total. The van der Waals surface area contributed by atoms with E-state index in [2.05, 4.69) is 15.6 Å². The monoisotopic (exact) mass is 531 g/mol. The molecule has 4 rings (SSSR count). The number of rotatable bonds is 7. The van der Waals surface area contributed by atoms with E-state index in [1.807, 2.05) is 0 Å². The van der Waals surface area contributed by atoms with Gasteiger partial charge in [-0.1, -0.05) is 0 Å². The lowest BCUT2D eigenvalue weighted by molar-refractivity contribution is -0.137. The van der Waals surface area contributed by atoms with Crippen LogP contribution in [0.4, 0.5) is 23.7 Å². The number of alkyl halides is 3. The van der Waals surface area contributed by atoms with Crippen LogP contribution in [0.25, 0.3) is 16.7 Å². The molecule has 2 aromatic heterocycles. The Balaban J connectivity index is 1.60. The summed E-state index contributed by atoms with van der Waals surface area (Å²) in [5.41, 5.74) is -2.94. The average molecular weight is 531 g/mol. The van der Waals surface area contributed by atoms with Gasteiger partial charge in [0.05, 0.1) is 34.5 Å². The number of fused-ring (bicyclic) bond motifs is 1. The number of aromatic carboxylic acids is 1. The average Bonchev–Trinajstić information content (AvgIpc) is 3.34. The van der Waals surface area contributed by atoms with Crippen LogP contribution in [0.15, 0.2) is 64.4 Å². The molecule has 0 unspecified atom stereocenters. The summed E-state index contributed by atoms with van der Waals surface area (Å²) in [5, 5.41) is 23.3. The van der Waals surface area contributed by atoms with E-state index in [4.69, 9.17) is 5.11 Å². The summed E-state index contributed by atoms with van der Waals surface area (Å²) in [4.78, 5) is 49.4. The van der Waals surface area contributed by atoms with Gasteiger partial charge < -0.3 is 30.4 Å². The van der Waals surface area contributed by atoms with Crippen LogP contribution in [-0.2, 0) is 19.3 Å². The summed E-state index contributed by atoms with van der Waals surface area (Å²) in [7, 11) is 0. The molecule has 14 heteroatoms. The number of amides is 2. The van der Waals surface area contributed by atoms with Gasteiger partial charge in [-0.25, -0.2) is 9.59 Å². The number of nitrogens with zero attached hydrogens (tertiary/aromatic N) is 2. The van der Waals surface area contributed by atoms with Crippen molar-refractivity contribution in [3.05, 3.63) is 92.3 Å². The number of aromatic nitrogens is 3. The third-order valence-electron chi connectivity index (χ3n) is 5.60. The summed E-state index contributed by atoms with van der Waals surface area (Å²) in [6, 6.07) is 8.11. The van der Waals surface area contributed by atoms with Crippen LogP contribution in [0, 0.1) is 0 Å². The largest absolute Gasteiger partial charge is 0.478 e. The van der Waals surface area contributed by atoms with Crippen molar-refractivity contribution in [1.29, 1.82) is 0 Å². The van der Waals surface area contributed by atoms with Gasteiger partial charge in [0.1, 0.15) is 0 Å². The van der Waals surface area contributed by atoms with E-state index >= 15 is 0 Å². The zero-order valence-electron chi connectivity index (χ0n) is 19.4. The van der Waals surface area contributed by atoms with Gasteiger partial charge in [-0.3, -0.25) is 14.2 Å². The topological polar surface area (TPSA) is 158 Å². The van der Waals surface area contributed by atoms with Gasteiger partial charge in [0.2, 0.25) is 0 Å². The molecule has 0 atom stereocenters. The number of carboxylic acid groups (broad SMARTS) is 1. The van der Waals surface area contributed by atoms with Crippen LogP contribution in [0.1, 0.15) is 21.5 Å². The molecule has 0 aliphatic carbocycles. The number of halogens is 3. The molecule has 4 aromatic rings. The molecule has 0 saturated carbocycles. The maximum absolute atomic E-state index is 13.9. The van der Waals surface area contributed by atoms with Crippen molar-refractivity contribution in [2.24, 2.45) is 0 Å². The van der Waals surface area contributed by atoms with Gasteiger partial charge in [0, 0.05) is 31.2 Å². The summed E-state index contributed by atoms with van der Waals surface area (Å²) in [5.74, 6) is -1.12. The third-order valence-corrected chi connectivity index (χ3v) is 5.60. The number of carbonyl (C=O) groups is 2. The molecule has 0 spiro atoms. The van der Waals surface area contributed by atoms with E-state index in [-0.39, 0.29) is 35.4 Å². The number of nitrogens with one attached hydrogen (secondary N) is 3. The first-order valence-electron chi connectivity index (χ1n) is 11.0. The lowest BCUT2D eigenvalue weighted by Crippen LogP contribution is -2.37. The third kappa shape index (κ3) is 5.44. The first-order valence-corrected chi connectivity index (χ1v) is 11.0. The quantitative estimate of drug-likeness (QED) is 0.231. The van der Waals surface area contributed by atoms with E-state index < -0.39 is 41.5 Å². The minimum Gasteiger partial charge on any atom is -0.478 e. The van der Waals surface area contributed by atoms with Gasteiger partial charge in [0.25, 0.3) is 0 Å². The van der Waals surface area contributed by atoms with Crippen LogP contribution in [-0.4, -0.2) is 42.9 Å². The molecular formula is C24H20F3N5O6. The minimum absolute atomic E-state index is 0.00619. The van der Waals surface area contributed by atoms with E-state index in [1.165, 1.54) is 47.3 Å². The Labute approximate surface area is 210 Å². The Morgan fingerprint density at radius 2 is 1.76 bits per heavy atom. The van der Waals surface area contributed by atoms with Crippen LogP contribution < -0.4 is 21.8 Å². The summed E-state index contributed by atoms with van der Waals surface area (Å²) in [6.07, 6.45) is -2.11. The highest BCUT2D eigenvalue weighted by Crippen LogP contribution is 2.36. The molecule has 0 aliphatic rings. The number of H-pyrrole nitrogens is 1. The lowest BCUT2D eigenvalue weighted by atomic mass is 10.1. The Kier molecular flexibility index (Phi) is 7.08. The number of carbonyl (C=O) groups excluding carboxylic acids is 1. The van der Waals surface area contributed by atoms with Crippen molar-refractivity contribution in [2.75, 3.05) is 11.9 Å². The zero-order valence-corrected chi connectivity index (χ0v) is 19.4. The van der Waals surface area contributed by atoms with E-state index in [0.29, 0.717) is 11.3 Å². The molecule has 2 heterocycles. The fraction of sp³-hybridized carbons (Fsp3) is 0.167. The number of aromatic amines is 1. The van der Waals surface area contributed by atoms with E-state index in [0.717, 1.165) is 16.7 Å². The van der Waals surface area contributed by atoms with Crippen LogP contribution in [0.5, 0.6) is 0 Å². The fourth-order valence-corrected chi connectivity index (χ4v) is 3.82. The minimum atomic E-state index is -4.81. The molecule has 0 aliphatic heterocycles. The molecule has 2 aromatic carbocycles. The number of anilines is 1. The highest BCUT2D eigenvalue weighted by molar-refractivity contribution is 5.91. The van der Waals surface area contributed by atoms with Crippen molar-refractivity contribution in [1.82, 2.24) is 19.4 Å². The van der Waals surface area contributed by atoms with Crippen LogP contribution in [0.3, 0.4) is 0 Å². The maximum Gasteiger partial charge on any atom is 0.418 e. The molecule has 11 nitrogen and oxygen atoms in total. The van der Waals surface area contributed by atoms with Gasteiger partial charge in [-0.2, -0.15) is 13.2 Å².